The van der Waals surface area contributed by atoms with E-state index in [1.807, 2.05) is 76.3 Å². The maximum absolute atomic E-state index is 13.5. The van der Waals surface area contributed by atoms with Gasteiger partial charge in [-0.3, -0.25) is 29.5 Å². The van der Waals surface area contributed by atoms with Crippen molar-refractivity contribution in [3.63, 3.8) is 0 Å². The predicted molar refractivity (Wildman–Crippen MR) is 248 cm³/mol. The molecule has 15 nitrogen and oxygen atoms in total. The van der Waals surface area contributed by atoms with Crippen molar-refractivity contribution in [2.75, 3.05) is 87.6 Å². The summed E-state index contributed by atoms with van der Waals surface area (Å²) < 4.78 is 7.97. The van der Waals surface area contributed by atoms with E-state index < -0.39 is 5.91 Å². The van der Waals surface area contributed by atoms with Crippen molar-refractivity contribution >= 4 is 40.9 Å². The third-order valence-corrected chi connectivity index (χ3v) is 14.3. The van der Waals surface area contributed by atoms with Crippen molar-refractivity contribution in [2.24, 2.45) is 17.6 Å². The van der Waals surface area contributed by atoms with Gasteiger partial charge in [-0.2, -0.15) is 5.10 Å². The monoisotopic (exact) mass is 870 g/mol. The van der Waals surface area contributed by atoms with Crippen LogP contribution in [0.25, 0.3) is 11.3 Å². The second-order valence-corrected chi connectivity index (χ2v) is 18.3. The highest BCUT2D eigenvalue weighted by Crippen LogP contribution is 2.40. The molecule has 0 bridgehead atoms. The Morgan fingerprint density at radius 1 is 0.797 bits per heavy atom. The van der Waals surface area contributed by atoms with Crippen molar-refractivity contribution in [3.8, 4) is 22.8 Å². The molecule has 1 saturated carbocycles. The number of likely N-dealkylation sites (tertiary alicyclic amines) is 1. The lowest BCUT2D eigenvalue weighted by Crippen LogP contribution is -2.51. The minimum atomic E-state index is -0.507. The molecule has 15 heteroatoms. The first kappa shape index (κ1) is 43.3. The van der Waals surface area contributed by atoms with Crippen LogP contribution in [0.4, 0.5) is 22.0 Å². The molecular weight excluding hydrogens is 809 g/mol. The van der Waals surface area contributed by atoms with Gasteiger partial charge in [0.05, 0.1) is 6.04 Å². The largest absolute Gasteiger partial charge is 0.457 e. The van der Waals surface area contributed by atoms with E-state index in [0.29, 0.717) is 60.1 Å². The average Bonchev–Trinajstić information content (AvgIpc) is 3.72. The number of benzene rings is 3. The zero-order valence-corrected chi connectivity index (χ0v) is 37.0. The summed E-state index contributed by atoms with van der Waals surface area (Å²) in [5.41, 5.74) is 9.75. The predicted octanol–water partition coefficient (Wildman–Crippen LogP) is 6.19. The van der Waals surface area contributed by atoms with Gasteiger partial charge in [-0.05, 0) is 124 Å². The number of piperazine rings is 1. The van der Waals surface area contributed by atoms with Gasteiger partial charge in [0.15, 0.2) is 0 Å². The maximum Gasteiger partial charge on any atom is 0.328 e. The summed E-state index contributed by atoms with van der Waals surface area (Å²) in [7, 11) is 2.17. The number of rotatable bonds is 13. The normalized spacial score (nSPS) is 22.2. The number of nitrogens with zero attached hydrogens (tertiary/aromatic N) is 7. The van der Waals surface area contributed by atoms with Crippen molar-refractivity contribution < 1.29 is 23.9 Å². The van der Waals surface area contributed by atoms with Crippen LogP contribution >= 0.6 is 0 Å². The number of piperidine rings is 1. The fourth-order valence-electron chi connectivity index (χ4n) is 10.7. The molecule has 4 N–H and O–H groups in total. The zero-order chi connectivity index (χ0) is 44.2. The molecule has 1 aliphatic carbocycles. The first-order valence-corrected chi connectivity index (χ1v) is 23.3. The van der Waals surface area contributed by atoms with Gasteiger partial charge in [0.25, 0.3) is 5.91 Å². The lowest BCUT2D eigenvalue weighted by atomic mass is 9.84. The number of primary amides is 1. The Kier molecular flexibility index (Phi) is 13.2. The van der Waals surface area contributed by atoms with E-state index in [2.05, 4.69) is 44.5 Å². The van der Waals surface area contributed by atoms with Crippen LogP contribution in [0.3, 0.4) is 0 Å². The highest BCUT2D eigenvalue weighted by molar-refractivity contribution is 6.05. The molecule has 0 spiro atoms. The highest BCUT2D eigenvalue weighted by Gasteiger charge is 2.36. The Morgan fingerprint density at radius 2 is 1.48 bits per heavy atom. The molecule has 4 fully saturated rings. The second-order valence-electron chi connectivity index (χ2n) is 18.3. The summed E-state index contributed by atoms with van der Waals surface area (Å²) in [6.07, 6.45) is 8.44. The Hall–Kier alpha value is -5.93. The highest BCUT2D eigenvalue weighted by atomic mass is 16.5. The number of para-hydroxylation sites is 1. The quantitative estimate of drug-likeness (QED) is 0.142. The number of carbonyl (C=O) groups excluding carboxylic acids is 4. The van der Waals surface area contributed by atoms with Crippen LogP contribution in [0.15, 0.2) is 78.9 Å². The van der Waals surface area contributed by atoms with Crippen LogP contribution < -0.4 is 30.9 Å². The Balaban J connectivity index is 0.696. The fourth-order valence-corrected chi connectivity index (χ4v) is 10.7. The summed E-state index contributed by atoms with van der Waals surface area (Å²) in [5.74, 6) is 2.64. The molecule has 1 aromatic heterocycles. The number of amides is 5. The van der Waals surface area contributed by atoms with E-state index in [-0.39, 0.29) is 23.9 Å². The molecule has 5 heterocycles. The molecule has 338 valence electrons. The van der Waals surface area contributed by atoms with Crippen molar-refractivity contribution in [3.05, 3.63) is 84.4 Å². The standard InChI is InChI=1S/C49H62N10O5/c1-54(33-34-7-11-37(12-8-34)55-29-31-56(32-30-55)38-13-15-39(16-14-38)58-28-22-43(60)52-49(58)63)25-23-44(61)57-26-20-35(21-27-57)42-19-24-51-48-45(47(50)62)46(53-59(42)48)36-9-17-41(18-10-36)64-40-5-3-2-4-6-40/h2-6,9-10,13-18,34-35,37,42,51H,7-8,11-12,19-33H2,1H3,(H2,50,62)(H,52,60,63)/t34?,37?,42-/m0/s1. The van der Waals surface area contributed by atoms with Crippen LogP contribution in [0.2, 0.25) is 0 Å². The van der Waals surface area contributed by atoms with Gasteiger partial charge in [-0.1, -0.05) is 18.2 Å². The first-order chi connectivity index (χ1) is 31.2. The Labute approximate surface area is 375 Å². The van der Waals surface area contributed by atoms with Gasteiger partial charge in [0.1, 0.15) is 28.6 Å². The number of ether oxygens (including phenoxy) is 1. The minimum Gasteiger partial charge on any atom is -0.457 e. The number of anilines is 3. The molecule has 5 aliphatic rings. The molecule has 64 heavy (non-hydrogen) atoms. The van der Waals surface area contributed by atoms with Crippen LogP contribution in [0, 0.1) is 11.8 Å². The third kappa shape index (κ3) is 9.75. The summed E-state index contributed by atoms with van der Waals surface area (Å²) in [5, 5.41) is 10.8. The van der Waals surface area contributed by atoms with Gasteiger partial charge in [0.2, 0.25) is 11.8 Å². The van der Waals surface area contributed by atoms with Crippen LogP contribution in [0.1, 0.15) is 74.2 Å². The number of urea groups is 1. The average molecular weight is 871 g/mol. The number of nitrogens with one attached hydrogen (secondary N) is 2. The topological polar surface area (TPSA) is 162 Å². The van der Waals surface area contributed by atoms with E-state index >= 15 is 0 Å². The summed E-state index contributed by atoms with van der Waals surface area (Å²) in [4.78, 5) is 61.3. The molecular formula is C49H62N10O5. The van der Waals surface area contributed by atoms with Gasteiger partial charge in [-0.15, -0.1) is 0 Å². The van der Waals surface area contributed by atoms with E-state index in [4.69, 9.17) is 15.6 Å². The van der Waals surface area contributed by atoms with Gasteiger partial charge in [-0.25, -0.2) is 9.48 Å². The van der Waals surface area contributed by atoms with Crippen molar-refractivity contribution in [1.29, 1.82) is 0 Å². The summed E-state index contributed by atoms with van der Waals surface area (Å²) >= 11 is 0. The van der Waals surface area contributed by atoms with E-state index in [1.54, 1.807) is 4.90 Å². The number of nitrogens with two attached hydrogens (primary N) is 1. The van der Waals surface area contributed by atoms with Gasteiger partial charge in [0, 0.05) is 101 Å². The molecule has 0 radical (unpaired) electrons. The minimum absolute atomic E-state index is 0.114. The van der Waals surface area contributed by atoms with E-state index in [9.17, 15) is 19.2 Å². The van der Waals surface area contributed by atoms with Gasteiger partial charge >= 0.3 is 6.03 Å². The Bertz CT molecular complexity index is 2260. The van der Waals surface area contributed by atoms with Crippen molar-refractivity contribution in [1.82, 2.24) is 29.8 Å². The van der Waals surface area contributed by atoms with Crippen LogP contribution in [0.5, 0.6) is 11.5 Å². The van der Waals surface area contributed by atoms with Crippen LogP contribution in [-0.2, 0) is 9.59 Å². The molecule has 4 aliphatic heterocycles. The molecule has 3 aromatic carbocycles. The van der Waals surface area contributed by atoms with E-state index in [0.717, 1.165) is 95.2 Å². The lowest BCUT2D eigenvalue weighted by molar-refractivity contribution is -0.133. The zero-order valence-electron chi connectivity index (χ0n) is 37.0. The fraction of sp³-hybridized carbons (Fsp3) is 0.490. The first-order valence-electron chi connectivity index (χ1n) is 23.3. The number of hydrogen-bond acceptors (Lipinski definition) is 10. The molecule has 9 rings (SSSR count). The van der Waals surface area contributed by atoms with Crippen LogP contribution in [-0.4, -0.2) is 127 Å². The third-order valence-electron chi connectivity index (χ3n) is 14.3. The second kappa shape index (κ2) is 19.4. The smallest absolute Gasteiger partial charge is 0.328 e. The number of aromatic nitrogens is 2. The molecule has 3 saturated heterocycles. The number of carbonyl (C=O) groups is 4. The van der Waals surface area contributed by atoms with E-state index in [1.165, 1.54) is 31.4 Å². The summed E-state index contributed by atoms with van der Waals surface area (Å²) in [6.45, 7) is 8.48. The lowest BCUT2D eigenvalue weighted by Gasteiger charge is -2.43. The molecule has 4 aromatic rings. The molecule has 0 unspecified atom stereocenters. The SMILES string of the molecule is CN(CCC(=O)N1CCC([C@@H]2CCNc3c(C(N)=O)c(-c4ccc(Oc5ccccc5)cc4)nn32)CC1)CC1CCC(N2CCN(c3ccc(N4CCC(=O)NC4=O)cc3)CC2)CC1. The molecule has 5 amide bonds. The maximum atomic E-state index is 13.5. The number of fused-ring (bicyclic) bond motifs is 1. The Morgan fingerprint density at radius 3 is 2.17 bits per heavy atom. The van der Waals surface area contributed by atoms with Crippen molar-refractivity contribution in [2.45, 2.75) is 69.9 Å². The molecule has 1 atom stereocenters. The van der Waals surface area contributed by atoms with Gasteiger partial charge < -0.3 is 30.5 Å². The number of hydrogen-bond donors (Lipinski definition) is 3. The summed E-state index contributed by atoms with van der Waals surface area (Å²) in [6, 6.07) is 25.7. The number of imide groups is 1.